The van der Waals surface area contributed by atoms with Gasteiger partial charge in [-0.05, 0) is 76.1 Å². The van der Waals surface area contributed by atoms with Gasteiger partial charge in [-0.3, -0.25) is 4.79 Å². The van der Waals surface area contributed by atoms with Crippen molar-refractivity contribution in [3.8, 4) is 17.4 Å². The maximum Gasteiger partial charge on any atom is 0.338 e. The van der Waals surface area contributed by atoms with Crippen molar-refractivity contribution in [2.75, 3.05) is 7.11 Å². The number of methoxy groups -OCH3 is 1. The fourth-order valence-electron chi connectivity index (χ4n) is 3.28. The van der Waals surface area contributed by atoms with Crippen LogP contribution >= 0.6 is 11.6 Å². The molecule has 0 unspecified atom stereocenters. The van der Waals surface area contributed by atoms with E-state index in [2.05, 4.69) is 10.3 Å². The number of ether oxygens (including phenoxy) is 3. The number of aromatic nitrogens is 1. The molecule has 0 bridgehead atoms. The lowest BCUT2D eigenvalue weighted by atomic mass is 10.1. The normalized spacial score (nSPS) is 12.0. The van der Waals surface area contributed by atoms with Gasteiger partial charge in [-0.1, -0.05) is 23.7 Å². The van der Waals surface area contributed by atoms with Gasteiger partial charge in [0.2, 0.25) is 5.88 Å². The van der Waals surface area contributed by atoms with Crippen LogP contribution in [0.2, 0.25) is 5.02 Å². The highest BCUT2D eigenvalue weighted by molar-refractivity contribution is 6.30. The largest absolute Gasteiger partial charge is 0.497 e. The molecular weight excluding hydrogens is 468 g/mol. The van der Waals surface area contributed by atoms with E-state index in [-0.39, 0.29) is 17.5 Å². The Balaban J connectivity index is 1.77. The fraction of sp³-hybridized carbons (Fsp3) is 0.296. The third-order valence-corrected chi connectivity index (χ3v) is 5.14. The number of benzene rings is 2. The average molecular weight is 497 g/mol. The van der Waals surface area contributed by atoms with Crippen LogP contribution in [0.4, 0.5) is 0 Å². The van der Waals surface area contributed by atoms with E-state index >= 15 is 0 Å². The van der Waals surface area contributed by atoms with Crippen LogP contribution in [-0.4, -0.2) is 29.6 Å². The molecule has 0 aliphatic carbocycles. The molecule has 0 fully saturated rings. The zero-order valence-electron chi connectivity index (χ0n) is 20.6. The van der Waals surface area contributed by atoms with Gasteiger partial charge in [-0.15, -0.1) is 0 Å². The van der Waals surface area contributed by atoms with Gasteiger partial charge < -0.3 is 19.5 Å². The summed E-state index contributed by atoms with van der Waals surface area (Å²) in [6.07, 6.45) is 1.42. The molecule has 1 amide bonds. The second-order valence-electron chi connectivity index (χ2n) is 9.11. The SMILES string of the molecule is COc1cc(C)cc(Oc2ncc(Cl)cc2C(=O)N[C@@H](C)c2ccc(C(=O)OC(C)(C)C)cc2)c1. The fourth-order valence-corrected chi connectivity index (χ4v) is 3.43. The molecule has 35 heavy (non-hydrogen) atoms. The van der Waals surface area contributed by atoms with E-state index in [9.17, 15) is 9.59 Å². The molecule has 0 saturated carbocycles. The van der Waals surface area contributed by atoms with Gasteiger partial charge in [-0.2, -0.15) is 0 Å². The highest BCUT2D eigenvalue weighted by Crippen LogP contribution is 2.29. The monoisotopic (exact) mass is 496 g/mol. The molecule has 8 heteroatoms. The molecule has 184 valence electrons. The molecule has 7 nitrogen and oxygen atoms in total. The molecule has 3 rings (SSSR count). The predicted molar refractivity (Wildman–Crippen MR) is 135 cm³/mol. The topological polar surface area (TPSA) is 86.8 Å². The predicted octanol–water partition coefficient (Wildman–Crippen LogP) is 6.29. The number of hydrogen-bond donors (Lipinski definition) is 1. The molecule has 0 aliphatic heterocycles. The van der Waals surface area contributed by atoms with E-state index < -0.39 is 17.5 Å². The van der Waals surface area contributed by atoms with Crippen LogP contribution in [0.25, 0.3) is 0 Å². The lowest BCUT2D eigenvalue weighted by Gasteiger charge is -2.20. The van der Waals surface area contributed by atoms with Crippen molar-refractivity contribution in [2.45, 2.75) is 46.3 Å². The molecule has 2 aromatic carbocycles. The number of aryl methyl sites for hydroxylation is 1. The number of hydrogen-bond acceptors (Lipinski definition) is 6. The average Bonchev–Trinajstić information content (AvgIpc) is 2.78. The first-order valence-electron chi connectivity index (χ1n) is 11.1. The van der Waals surface area contributed by atoms with Crippen LogP contribution in [0.5, 0.6) is 17.4 Å². The van der Waals surface area contributed by atoms with Crippen LogP contribution in [0.1, 0.15) is 65.6 Å². The van der Waals surface area contributed by atoms with Gasteiger partial charge in [0.05, 0.1) is 23.7 Å². The summed E-state index contributed by atoms with van der Waals surface area (Å²) in [6, 6.07) is 13.4. The Bertz CT molecular complexity index is 1220. The van der Waals surface area contributed by atoms with Crippen LogP contribution in [0.15, 0.2) is 54.7 Å². The summed E-state index contributed by atoms with van der Waals surface area (Å²) >= 11 is 6.12. The zero-order valence-corrected chi connectivity index (χ0v) is 21.4. The number of carbonyl (C=O) groups excluding carboxylic acids is 2. The van der Waals surface area contributed by atoms with Gasteiger partial charge in [0.1, 0.15) is 22.7 Å². The number of halogens is 1. The van der Waals surface area contributed by atoms with Crippen molar-refractivity contribution >= 4 is 23.5 Å². The van der Waals surface area contributed by atoms with Gasteiger partial charge in [0.15, 0.2) is 0 Å². The molecule has 0 spiro atoms. The van der Waals surface area contributed by atoms with Crippen molar-refractivity contribution in [1.82, 2.24) is 10.3 Å². The minimum atomic E-state index is -0.578. The van der Waals surface area contributed by atoms with E-state index in [0.717, 1.165) is 11.1 Å². The first kappa shape index (κ1) is 26.0. The summed E-state index contributed by atoms with van der Waals surface area (Å²) in [7, 11) is 1.57. The highest BCUT2D eigenvalue weighted by Gasteiger charge is 2.20. The van der Waals surface area contributed by atoms with Gasteiger partial charge in [-0.25, -0.2) is 9.78 Å². The molecule has 1 N–H and O–H groups in total. The maximum absolute atomic E-state index is 13.1. The standard InChI is InChI=1S/C27H29ClN2O5/c1-16-11-21(33-6)14-22(12-16)34-25-23(13-20(28)15-29-25)24(31)30-17(2)18-7-9-19(10-8-18)26(32)35-27(3,4)5/h7-15,17H,1-6H3,(H,30,31)/t17-/m0/s1. The van der Waals surface area contributed by atoms with Crippen LogP contribution < -0.4 is 14.8 Å². The summed E-state index contributed by atoms with van der Waals surface area (Å²) in [4.78, 5) is 29.6. The summed E-state index contributed by atoms with van der Waals surface area (Å²) < 4.78 is 16.6. The van der Waals surface area contributed by atoms with Gasteiger partial charge in [0, 0.05) is 12.3 Å². The number of carbonyl (C=O) groups is 2. The summed E-state index contributed by atoms with van der Waals surface area (Å²) in [5.41, 5.74) is 1.79. The van der Waals surface area contributed by atoms with Gasteiger partial charge >= 0.3 is 5.97 Å². The van der Waals surface area contributed by atoms with Crippen molar-refractivity contribution in [3.63, 3.8) is 0 Å². The van der Waals surface area contributed by atoms with E-state index in [1.165, 1.54) is 12.3 Å². The summed E-state index contributed by atoms with van der Waals surface area (Å²) in [6.45, 7) is 9.19. The Morgan fingerprint density at radius 3 is 2.31 bits per heavy atom. The summed E-state index contributed by atoms with van der Waals surface area (Å²) in [5.74, 6) is 0.422. The molecule has 1 aromatic heterocycles. The number of pyridine rings is 1. The number of nitrogens with zero attached hydrogens (tertiary/aromatic N) is 1. The smallest absolute Gasteiger partial charge is 0.338 e. The quantitative estimate of drug-likeness (QED) is 0.387. The molecule has 3 aromatic rings. The highest BCUT2D eigenvalue weighted by atomic mass is 35.5. The Hall–Kier alpha value is -3.58. The minimum Gasteiger partial charge on any atom is -0.497 e. The second kappa shape index (κ2) is 10.8. The lowest BCUT2D eigenvalue weighted by Crippen LogP contribution is -2.27. The lowest BCUT2D eigenvalue weighted by molar-refractivity contribution is 0.00693. The minimum absolute atomic E-state index is 0.118. The number of nitrogens with one attached hydrogen (secondary N) is 1. The molecule has 0 saturated heterocycles. The van der Waals surface area contributed by atoms with E-state index in [0.29, 0.717) is 22.1 Å². The third kappa shape index (κ3) is 7.20. The Morgan fingerprint density at radius 2 is 1.69 bits per heavy atom. The molecule has 1 heterocycles. The first-order chi connectivity index (χ1) is 16.4. The Kier molecular flexibility index (Phi) is 8.02. The second-order valence-corrected chi connectivity index (χ2v) is 9.55. The molecular formula is C27H29ClN2O5. The van der Waals surface area contributed by atoms with Crippen molar-refractivity contribution < 1.29 is 23.8 Å². The summed E-state index contributed by atoms with van der Waals surface area (Å²) in [5, 5.41) is 3.23. The molecule has 0 aliphatic rings. The number of amides is 1. The van der Waals surface area contributed by atoms with E-state index in [1.54, 1.807) is 37.4 Å². The van der Waals surface area contributed by atoms with Crippen molar-refractivity contribution in [2.24, 2.45) is 0 Å². The van der Waals surface area contributed by atoms with E-state index in [4.69, 9.17) is 25.8 Å². The van der Waals surface area contributed by atoms with Gasteiger partial charge in [0.25, 0.3) is 5.91 Å². The zero-order chi connectivity index (χ0) is 25.8. The first-order valence-corrected chi connectivity index (χ1v) is 11.5. The van der Waals surface area contributed by atoms with Crippen LogP contribution in [0, 0.1) is 6.92 Å². The third-order valence-electron chi connectivity index (χ3n) is 4.93. The van der Waals surface area contributed by atoms with Crippen molar-refractivity contribution in [1.29, 1.82) is 0 Å². The number of rotatable bonds is 7. The molecule has 0 radical (unpaired) electrons. The maximum atomic E-state index is 13.1. The number of esters is 1. The van der Waals surface area contributed by atoms with Crippen LogP contribution in [-0.2, 0) is 4.74 Å². The Labute approximate surface area is 210 Å². The molecule has 1 atom stereocenters. The van der Waals surface area contributed by atoms with Crippen LogP contribution in [0.3, 0.4) is 0 Å². The van der Waals surface area contributed by atoms with Crippen molar-refractivity contribution in [3.05, 3.63) is 82.0 Å². The Morgan fingerprint density at radius 1 is 1.03 bits per heavy atom. The van der Waals surface area contributed by atoms with E-state index in [1.807, 2.05) is 46.8 Å².